The van der Waals surface area contributed by atoms with Crippen LogP contribution in [0, 0.1) is 0 Å². The lowest BCUT2D eigenvalue weighted by Gasteiger charge is -2.07. The molecule has 0 aliphatic heterocycles. The predicted molar refractivity (Wildman–Crippen MR) is 129 cm³/mol. The number of hydrogen-bond acceptors (Lipinski definition) is 3. The average Bonchev–Trinajstić information content (AvgIpc) is 3.19. The zero-order chi connectivity index (χ0) is 21.5. The summed E-state index contributed by atoms with van der Waals surface area (Å²) in [6.07, 6.45) is 0. The van der Waals surface area contributed by atoms with Crippen molar-refractivity contribution in [2.45, 2.75) is 0 Å². The molecule has 0 atom stereocenters. The quantitative estimate of drug-likeness (QED) is 0.267. The summed E-state index contributed by atoms with van der Waals surface area (Å²) in [4.78, 5) is 17.3. The van der Waals surface area contributed by atoms with Gasteiger partial charge in [0.05, 0.1) is 15.6 Å². The van der Waals surface area contributed by atoms with Crippen LogP contribution in [0.5, 0.6) is 0 Å². The largest absolute Gasteiger partial charge is 0.436 e. The van der Waals surface area contributed by atoms with Gasteiger partial charge in [-0.25, -0.2) is 4.98 Å². The highest BCUT2D eigenvalue weighted by atomic mass is 79.9. The average molecular weight is 512 g/mol. The van der Waals surface area contributed by atoms with E-state index in [0.717, 1.165) is 20.8 Å². The van der Waals surface area contributed by atoms with Crippen LogP contribution in [-0.2, 0) is 0 Å². The molecule has 1 heterocycles. The van der Waals surface area contributed by atoms with Gasteiger partial charge in [-0.15, -0.1) is 0 Å². The number of carbonyl (C=O) groups is 1. The predicted octanol–water partition coefficient (Wildman–Crippen LogP) is 7.97. The molecule has 1 N–H and O–H groups in total. The molecule has 152 valence electrons. The van der Waals surface area contributed by atoms with Gasteiger partial charge in [0.2, 0.25) is 5.89 Å². The summed E-state index contributed by atoms with van der Waals surface area (Å²) in [5.41, 5.74) is 3.04. The second-order valence-corrected chi connectivity index (χ2v) is 8.54. The standard InChI is InChI=1S/C24H13BrCl2N2O2/c25-18-8-2-4-14-15(18)5-1-6-16(14)24-29-20-12-13(10-11-21(20)31-24)28-23(30)17-7-3-9-19(26)22(17)27/h1-12H,(H,28,30). The van der Waals surface area contributed by atoms with Crippen LogP contribution >= 0.6 is 39.1 Å². The number of amides is 1. The first-order chi connectivity index (χ1) is 15.0. The molecule has 0 saturated heterocycles. The molecular weight excluding hydrogens is 499 g/mol. The van der Waals surface area contributed by atoms with Gasteiger partial charge in [0, 0.05) is 15.7 Å². The van der Waals surface area contributed by atoms with Crippen molar-refractivity contribution in [3.63, 3.8) is 0 Å². The molecule has 1 amide bonds. The van der Waals surface area contributed by atoms with Crippen LogP contribution < -0.4 is 5.32 Å². The minimum absolute atomic E-state index is 0.216. The Hall–Kier alpha value is -2.86. The maximum Gasteiger partial charge on any atom is 0.257 e. The Morgan fingerprint density at radius 3 is 2.58 bits per heavy atom. The number of aromatic nitrogens is 1. The molecule has 0 fully saturated rings. The second-order valence-electron chi connectivity index (χ2n) is 6.90. The Balaban J connectivity index is 1.51. The van der Waals surface area contributed by atoms with Gasteiger partial charge >= 0.3 is 0 Å². The maximum absolute atomic E-state index is 12.6. The monoisotopic (exact) mass is 510 g/mol. The normalized spacial score (nSPS) is 11.2. The van der Waals surface area contributed by atoms with Crippen LogP contribution in [0.1, 0.15) is 10.4 Å². The van der Waals surface area contributed by atoms with Crippen LogP contribution in [0.15, 0.2) is 81.7 Å². The zero-order valence-electron chi connectivity index (χ0n) is 15.8. The van der Waals surface area contributed by atoms with E-state index in [9.17, 15) is 4.79 Å². The van der Waals surface area contributed by atoms with Crippen molar-refractivity contribution >= 4 is 72.6 Å². The summed E-state index contributed by atoms with van der Waals surface area (Å²) in [6.45, 7) is 0. The molecule has 4 nitrogen and oxygen atoms in total. The van der Waals surface area contributed by atoms with Crippen molar-refractivity contribution < 1.29 is 9.21 Å². The highest BCUT2D eigenvalue weighted by molar-refractivity contribution is 9.10. The Morgan fingerprint density at radius 1 is 0.935 bits per heavy atom. The van der Waals surface area contributed by atoms with Crippen molar-refractivity contribution in [1.82, 2.24) is 4.98 Å². The van der Waals surface area contributed by atoms with E-state index in [0.29, 0.717) is 33.3 Å². The first-order valence-electron chi connectivity index (χ1n) is 9.35. The SMILES string of the molecule is O=C(Nc1ccc2oc(-c3cccc4c(Br)cccc34)nc2c1)c1cccc(Cl)c1Cl. The second kappa shape index (κ2) is 8.00. The third-order valence-electron chi connectivity index (χ3n) is 4.94. The Bertz CT molecular complexity index is 1480. The van der Waals surface area contributed by atoms with Crippen molar-refractivity contribution in [3.8, 4) is 11.5 Å². The fraction of sp³-hybridized carbons (Fsp3) is 0. The highest BCUT2D eigenvalue weighted by Gasteiger charge is 2.15. The van der Waals surface area contributed by atoms with Crippen molar-refractivity contribution in [2.24, 2.45) is 0 Å². The molecule has 5 aromatic rings. The zero-order valence-corrected chi connectivity index (χ0v) is 18.9. The van der Waals surface area contributed by atoms with Gasteiger partial charge in [-0.05, 0) is 53.2 Å². The number of hydrogen-bond donors (Lipinski definition) is 1. The van der Waals surface area contributed by atoms with Crippen LogP contribution in [-0.4, -0.2) is 10.9 Å². The van der Waals surface area contributed by atoms with Crippen LogP contribution in [0.3, 0.4) is 0 Å². The molecule has 1 aromatic heterocycles. The van der Waals surface area contributed by atoms with Crippen LogP contribution in [0.2, 0.25) is 10.0 Å². The highest BCUT2D eigenvalue weighted by Crippen LogP contribution is 2.34. The molecule has 0 aliphatic carbocycles. The van der Waals surface area contributed by atoms with Gasteiger partial charge in [-0.1, -0.05) is 69.5 Å². The molecule has 0 spiro atoms. The lowest BCUT2D eigenvalue weighted by molar-refractivity contribution is 0.102. The van der Waals surface area contributed by atoms with E-state index in [4.69, 9.17) is 27.6 Å². The first kappa shape index (κ1) is 20.1. The topological polar surface area (TPSA) is 55.1 Å². The van der Waals surface area contributed by atoms with E-state index in [-0.39, 0.29) is 10.9 Å². The molecule has 0 unspecified atom stereocenters. The number of rotatable bonds is 3. The third-order valence-corrected chi connectivity index (χ3v) is 6.45. The first-order valence-corrected chi connectivity index (χ1v) is 10.9. The number of anilines is 1. The molecule has 0 radical (unpaired) electrons. The molecule has 4 aromatic carbocycles. The number of oxazole rings is 1. The van der Waals surface area contributed by atoms with E-state index in [1.165, 1.54) is 0 Å². The minimum Gasteiger partial charge on any atom is -0.436 e. The number of carbonyl (C=O) groups excluding carboxylic acids is 1. The van der Waals surface area contributed by atoms with E-state index in [1.54, 1.807) is 36.4 Å². The van der Waals surface area contributed by atoms with Crippen LogP contribution in [0.25, 0.3) is 33.3 Å². The Labute approximate surface area is 195 Å². The van der Waals surface area contributed by atoms with Gasteiger partial charge in [0.25, 0.3) is 5.91 Å². The Morgan fingerprint density at radius 2 is 1.71 bits per heavy atom. The third kappa shape index (κ3) is 3.69. The smallest absolute Gasteiger partial charge is 0.257 e. The maximum atomic E-state index is 12.6. The Kier molecular flexibility index (Phi) is 5.18. The summed E-state index contributed by atoms with van der Waals surface area (Å²) in [7, 11) is 0. The number of nitrogens with zero attached hydrogens (tertiary/aromatic N) is 1. The van der Waals surface area contributed by atoms with Gasteiger partial charge in [0.15, 0.2) is 5.58 Å². The summed E-state index contributed by atoms with van der Waals surface area (Å²) in [6, 6.07) is 22.2. The van der Waals surface area contributed by atoms with Gasteiger partial charge < -0.3 is 9.73 Å². The van der Waals surface area contributed by atoms with E-state index in [2.05, 4.69) is 26.2 Å². The molecule has 7 heteroatoms. The van der Waals surface area contributed by atoms with Crippen LogP contribution in [0.4, 0.5) is 5.69 Å². The van der Waals surface area contributed by atoms with Gasteiger partial charge in [-0.3, -0.25) is 4.79 Å². The molecule has 31 heavy (non-hydrogen) atoms. The number of fused-ring (bicyclic) bond motifs is 2. The minimum atomic E-state index is -0.352. The molecule has 5 rings (SSSR count). The van der Waals surface area contributed by atoms with Crippen molar-refractivity contribution in [1.29, 1.82) is 0 Å². The molecular formula is C24H13BrCl2N2O2. The lowest BCUT2D eigenvalue weighted by Crippen LogP contribution is -2.12. The fourth-order valence-electron chi connectivity index (χ4n) is 3.46. The molecule has 0 aliphatic rings. The van der Waals surface area contributed by atoms with Gasteiger partial charge in [0.1, 0.15) is 5.52 Å². The summed E-state index contributed by atoms with van der Waals surface area (Å²) < 4.78 is 7.01. The van der Waals surface area contributed by atoms with Gasteiger partial charge in [-0.2, -0.15) is 0 Å². The summed E-state index contributed by atoms with van der Waals surface area (Å²) >= 11 is 15.8. The van der Waals surface area contributed by atoms with Crippen molar-refractivity contribution in [2.75, 3.05) is 5.32 Å². The van der Waals surface area contributed by atoms with Crippen molar-refractivity contribution in [3.05, 3.63) is 92.9 Å². The molecule has 0 saturated carbocycles. The fourth-order valence-corrected chi connectivity index (χ4v) is 4.34. The summed E-state index contributed by atoms with van der Waals surface area (Å²) in [5.74, 6) is 0.162. The number of benzene rings is 4. The van der Waals surface area contributed by atoms with E-state index < -0.39 is 0 Å². The summed E-state index contributed by atoms with van der Waals surface area (Å²) in [5, 5.41) is 5.49. The van der Waals surface area contributed by atoms with E-state index >= 15 is 0 Å². The molecule has 0 bridgehead atoms. The van der Waals surface area contributed by atoms with E-state index in [1.807, 2.05) is 36.4 Å². The lowest BCUT2D eigenvalue weighted by atomic mass is 10.0. The number of halogens is 3. The number of nitrogens with one attached hydrogen (secondary N) is 1.